The summed E-state index contributed by atoms with van der Waals surface area (Å²) in [4.78, 5) is 5.05. The average Bonchev–Trinajstić information content (AvgIpc) is 2.48. The van der Waals surface area contributed by atoms with Crippen molar-refractivity contribution in [3.05, 3.63) is 29.8 Å². The molecule has 2 aliphatic rings. The number of likely N-dealkylation sites (N-methyl/N-ethyl adjacent to an activating group) is 2. The Bertz CT molecular complexity index is 503. The Labute approximate surface area is 128 Å². The molecule has 0 aromatic heterocycles. The second-order valence-electron chi connectivity index (χ2n) is 6.89. The van der Waals surface area contributed by atoms with E-state index in [0.29, 0.717) is 12.1 Å². The first-order chi connectivity index (χ1) is 10.0. The molecule has 1 N–H and O–H groups in total. The van der Waals surface area contributed by atoms with E-state index in [4.69, 9.17) is 4.74 Å². The first-order valence-electron chi connectivity index (χ1n) is 7.87. The van der Waals surface area contributed by atoms with Crippen LogP contribution in [0.4, 0.5) is 0 Å². The topological polar surface area (TPSA) is 27.7 Å². The predicted molar refractivity (Wildman–Crippen MR) is 85.8 cm³/mol. The first-order valence-corrected chi connectivity index (χ1v) is 7.87. The van der Waals surface area contributed by atoms with Gasteiger partial charge in [-0.2, -0.15) is 0 Å². The fraction of sp³-hybridized carbons (Fsp3) is 0.647. The average molecular weight is 289 g/mol. The van der Waals surface area contributed by atoms with Crippen molar-refractivity contribution in [3.8, 4) is 5.75 Å². The second-order valence-corrected chi connectivity index (χ2v) is 6.89. The maximum absolute atomic E-state index is 6.02. The highest BCUT2D eigenvalue weighted by Crippen LogP contribution is 2.35. The molecular formula is C17H27N3O. The van der Waals surface area contributed by atoms with Gasteiger partial charge >= 0.3 is 0 Å². The maximum Gasteiger partial charge on any atom is 0.124 e. The third-order valence-electron chi connectivity index (χ3n) is 5.17. The van der Waals surface area contributed by atoms with Crippen LogP contribution in [0.15, 0.2) is 24.3 Å². The van der Waals surface area contributed by atoms with Crippen molar-refractivity contribution in [1.29, 1.82) is 0 Å². The molecule has 4 heteroatoms. The number of rotatable bonds is 2. The number of hydrogen-bond acceptors (Lipinski definition) is 4. The molecule has 0 radical (unpaired) electrons. The fourth-order valence-corrected chi connectivity index (χ4v) is 3.57. The first kappa shape index (κ1) is 14.8. The fourth-order valence-electron chi connectivity index (χ4n) is 3.57. The predicted octanol–water partition coefficient (Wildman–Crippen LogP) is 1.73. The maximum atomic E-state index is 6.02. The molecule has 0 spiro atoms. The standard InChI is InChI=1S/C17H27N3O/c1-17(2)12-20(10-9-19(17)4)14-11-21-15-8-6-5-7-13(15)16(14)18-3/h5-8,14,16,18H,9-12H2,1-4H3. The van der Waals surface area contributed by atoms with E-state index >= 15 is 0 Å². The van der Waals surface area contributed by atoms with Crippen LogP contribution in [0.3, 0.4) is 0 Å². The van der Waals surface area contributed by atoms with Gasteiger partial charge in [-0.15, -0.1) is 0 Å². The molecule has 0 bridgehead atoms. The van der Waals surface area contributed by atoms with Crippen molar-refractivity contribution in [1.82, 2.24) is 15.1 Å². The minimum absolute atomic E-state index is 0.216. The van der Waals surface area contributed by atoms with Gasteiger partial charge in [0, 0.05) is 30.7 Å². The van der Waals surface area contributed by atoms with Crippen LogP contribution in [0.2, 0.25) is 0 Å². The molecule has 0 aliphatic carbocycles. The van der Waals surface area contributed by atoms with E-state index in [1.54, 1.807) is 0 Å². The van der Waals surface area contributed by atoms with Gasteiger partial charge in [-0.1, -0.05) is 18.2 Å². The normalized spacial score (nSPS) is 29.7. The summed E-state index contributed by atoms with van der Waals surface area (Å²) in [7, 11) is 4.28. The highest BCUT2D eigenvalue weighted by atomic mass is 16.5. The summed E-state index contributed by atoms with van der Waals surface area (Å²) in [6.07, 6.45) is 0. The molecule has 1 saturated heterocycles. The molecule has 2 aliphatic heterocycles. The van der Waals surface area contributed by atoms with Gasteiger partial charge in [-0.25, -0.2) is 0 Å². The van der Waals surface area contributed by atoms with Crippen LogP contribution < -0.4 is 10.1 Å². The number of hydrogen-bond donors (Lipinski definition) is 1. The molecule has 1 aromatic rings. The summed E-state index contributed by atoms with van der Waals surface area (Å²) in [5, 5.41) is 3.51. The molecule has 116 valence electrons. The second kappa shape index (κ2) is 5.59. The van der Waals surface area contributed by atoms with E-state index in [2.05, 4.69) is 61.3 Å². The third kappa shape index (κ3) is 2.68. The lowest BCUT2D eigenvalue weighted by Gasteiger charge is -2.50. The zero-order valence-corrected chi connectivity index (χ0v) is 13.6. The van der Waals surface area contributed by atoms with Gasteiger partial charge in [0.15, 0.2) is 0 Å². The molecule has 0 saturated carbocycles. The SMILES string of the molecule is CNC1c2ccccc2OCC1N1CCN(C)C(C)(C)C1. The third-order valence-corrected chi connectivity index (χ3v) is 5.17. The molecule has 21 heavy (non-hydrogen) atoms. The molecule has 0 amide bonds. The van der Waals surface area contributed by atoms with Crippen LogP contribution in [-0.2, 0) is 0 Å². The zero-order chi connectivity index (χ0) is 15.0. The van der Waals surface area contributed by atoms with Gasteiger partial charge in [0.1, 0.15) is 12.4 Å². The summed E-state index contributed by atoms with van der Waals surface area (Å²) in [6, 6.07) is 9.15. The van der Waals surface area contributed by atoms with Crippen molar-refractivity contribution in [2.24, 2.45) is 0 Å². The van der Waals surface area contributed by atoms with Crippen molar-refractivity contribution in [2.45, 2.75) is 31.5 Å². The quantitative estimate of drug-likeness (QED) is 0.897. The Balaban J connectivity index is 1.83. The minimum Gasteiger partial charge on any atom is -0.492 e. The molecule has 2 unspecified atom stereocenters. The Morgan fingerprint density at radius 3 is 2.71 bits per heavy atom. The Hall–Kier alpha value is -1.10. The van der Waals surface area contributed by atoms with Gasteiger partial charge in [0.05, 0.1) is 12.1 Å². The molecule has 2 atom stereocenters. The lowest BCUT2D eigenvalue weighted by molar-refractivity contribution is -0.0105. The van der Waals surface area contributed by atoms with Gasteiger partial charge in [-0.3, -0.25) is 9.80 Å². The zero-order valence-electron chi connectivity index (χ0n) is 13.6. The van der Waals surface area contributed by atoms with Crippen molar-refractivity contribution in [2.75, 3.05) is 40.3 Å². The molecular weight excluding hydrogens is 262 g/mol. The van der Waals surface area contributed by atoms with Gasteiger partial charge in [0.2, 0.25) is 0 Å². The van der Waals surface area contributed by atoms with E-state index in [1.807, 2.05) is 6.07 Å². The molecule has 2 heterocycles. The van der Waals surface area contributed by atoms with E-state index < -0.39 is 0 Å². The summed E-state index contributed by atoms with van der Waals surface area (Å²) < 4.78 is 6.02. The van der Waals surface area contributed by atoms with Crippen LogP contribution >= 0.6 is 0 Å². The van der Waals surface area contributed by atoms with Gasteiger partial charge < -0.3 is 10.1 Å². The lowest BCUT2D eigenvalue weighted by atomic mass is 9.92. The summed E-state index contributed by atoms with van der Waals surface area (Å²) in [5.74, 6) is 1.03. The molecule has 1 aromatic carbocycles. The molecule has 1 fully saturated rings. The number of ether oxygens (including phenoxy) is 1. The monoisotopic (exact) mass is 289 g/mol. The number of fused-ring (bicyclic) bond motifs is 1. The number of para-hydroxylation sites is 1. The van der Waals surface area contributed by atoms with Crippen molar-refractivity contribution in [3.63, 3.8) is 0 Å². The van der Waals surface area contributed by atoms with E-state index in [1.165, 1.54) is 5.56 Å². The number of nitrogens with one attached hydrogen (secondary N) is 1. The van der Waals surface area contributed by atoms with Crippen LogP contribution in [0.1, 0.15) is 25.5 Å². The van der Waals surface area contributed by atoms with Crippen molar-refractivity contribution < 1.29 is 4.74 Å². The number of nitrogens with zero attached hydrogens (tertiary/aromatic N) is 2. The van der Waals surface area contributed by atoms with Crippen LogP contribution in [-0.4, -0.2) is 61.7 Å². The Morgan fingerprint density at radius 2 is 2.00 bits per heavy atom. The highest BCUT2D eigenvalue weighted by Gasteiger charge is 2.39. The van der Waals surface area contributed by atoms with E-state index in [0.717, 1.165) is 32.0 Å². The largest absolute Gasteiger partial charge is 0.492 e. The summed E-state index contributed by atoms with van der Waals surface area (Å²) in [5.41, 5.74) is 1.50. The van der Waals surface area contributed by atoms with Crippen molar-refractivity contribution >= 4 is 0 Å². The van der Waals surface area contributed by atoms with Crippen LogP contribution in [0.25, 0.3) is 0 Å². The lowest BCUT2D eigenvalue weighted by Crippen LogP contribution is -2.62. The number of piperazine rings is 1. The van der Waals surface area contributed by atoms with E-state index in [9.17, 15) is 0 Å². The van der Waals surface area contributed by atoms with Gasteiger partial charge in [-0.05, 0) is 34.0 Å². The minimum atomic E-state index is 0.216. The van der Waals surface area contributed by atoms with Crippen LogP contribution in [0.5, 0.6) is 5.75 Å². The molecule has 3 rings (SSSR count). The molecule has 4 nitrogen and oxygen atoms in total. The summed E-state index contributed by atoms with van der Waals surface area (Å²) >= 11 is 0. The van der Waals surface area contributed by atoms with Crippen LogP contribution in [0, 0.1) is 0 Å². The van der Waals surface area contributed by atoms with E-state index in [-0.39, 0.29) is 5.54 Å². The number of benzene rings is 1. The Morgan fingerprint density at radius 1 is 1.24 bits per heavy atom. The smallest absolute Gasteiger partial charge is 0.124 e. The van der Waals surface area contributed by atoms with Gasteiger partial charge in [0.25, 0.3) is 0 Å². The Kier molecular flexibility index (Phi) is 3.95. The summed E-state index contributed by atoms with van der Waals surface area (Å²) in [6.45, 7) is 8.71. The highest BCUT2D eigenvalue weighted by molar-refractivity contribution is 5.38.